The molecule has 0 saturated carbocycles. The number of ether oxygens (including phenoxy) is 1. The lowest BCUT2D eigenvalue weighted by atomic mass is 10.1. The number of nitrogens with zero attached hydrogens (tertiary/aromatic N) is 3. The van der Waals surface area contributed by atoms with Gasteiger partial charge in [-0.15, -0.1) is 0 Å². The molecule has 2 aliphatic heterocycles. The van der Waals surface area contributed by atoms with Crippen molar-refractivity contribution in [3.63, 3.8) is 0 Å². The van der Waals surface area contributed by atoms with Crippen LogP contribution in [0, 0.1) is 0 Å². The van der Waals surface area contributed by atoms with E-state index in [9.17, 15) is 18.0 Å². The molecule has 3 aromatic rings. The lowest BCUT2D eigenvalue weighted by Crippen LogP contribution is -2.56. The zero-order valence-electron chi connectivity index (χ0n) is 19.2. The second kappa shape index (κ2) is 9.39. The number of anilines is 1. The summed E-state index contributed by atoms with van der Waals surface area (Å²) in [6.07, 6.45) is -4.49. The van der Waals surface area contributed by atoms with Crippen molar-refractivity contribution < 1.29 is 22.7 Å². The van der Waals surface area contributed by atoms with E-state index in [1.807, 2.05) is 24.0 Å². The number of amidine groups is 1. The van der Waals surface area contributed by atoms with Crippen molar-refractivity contribution in [2.45, 2.75) is 19.1 Å². The highest BCUT2D eigenvalue weighted by Crippen LogP contribution is 2.42. The summed E-state index contributed by atoms with van der Waals surface area (Å²) in [5, 5.41) is 3.47. The van der Waals surface area contributed by atoms with Crippen LogP contribution in [0.25, 0.3) is 0 Å². The molecule has 36 heavy (non-hydrogen) atoms. The molecule has 0 aliphatic carbocycles. The largest absolute Gasteiger partial charge is 0.454 e. The number of urea groups is 1. The maximum Gasteiger partial charge on any atom is 0.416 e. The fourth-order valence-electron chi connectivity index (χ4n) is 4.32. The Kier molecular flexibility index (Phi) is 6.26. The molecule has 186 valence electrons. The summed E-state index contributed by atoms with van der Waals surface area (Å²) in [5.41, 5.74) is 0.831. The van der Waals surface area contributed by atoms with Gasteiger partial charge in [-0.25, -0.2) is 9.79 Å². The first-order valence-electron chi connectivity index (χ1n) is 11.3. The third-order valence-corrected chi connectivity index (χ3v) is 6.40. The molecule has 0 spiro atoms. The standard InChI is InChI=1S/C26H22ClF3N4O2/c1-16-15-33(12-13-34(16)25(35)31-19-9-7-18(27)8-10-19)24-20-4-2-3-5-22(20)36-23-14-17(26(28,29)30)6-11-21(23)32-24/h2-11,14,16H,12-13,15H2,1H3,(H,31,35). The predicted octanol–water partition coefficient (Wildman–Crippen LogP) is 6.78. The summed E-state index contributed by atoms with van der Waals surface area (Å²) in [6.45, 7) is 3.35. The number of carbonyl (C=O) groups is 1. The van der Waals surface area contributed by atoms with Crippen molar-refractivity contribution in [2.24, 2.45) is 4.99 Å². The SMILES string of the molecule is CC1CN(C2=Nc3ccc(C(F)(F)F)cc3Oc3ccccc32)CCN1C(=O)Nc1ccc(Cl)cc1. The summed E-state index contributed by atoms with van der Waals surface area (Å²) in [4.78, 5) is 21.4. The second-order valence-corrected chi connectivity index (χ2v) is 9.08. The summed E-state index contributed by atoms with van der Waals surface area (Å²) in [5.74, 6) is 1.06. The topological polar surface area (TPSA) is 57.2 Å². The van der Waals surface area contributed by atoms with Gasteiger partial charge in [0.15, 0.2) is 5.75 Å². The Morgan fingerprint density at radius 3 is 2.53 bits per heavy atom. The molecule has 1 atom stereocenters. The van der Waals surface area contributed by atoms with E-state index in [1.165, 1.54) is 6.07 Å². The predicted molar refractivity (Wildman–Crippen MR) is 132 cm³/mol. The van der Waals surface area contributed by atoms with E-state index in [-0.39, 0.29) is 17.8 Å². The molecule has 0 aromatic heterocycles. The number of nitrogens with one attached hydrogen (secondary N) is 1. The van der Waals surface area contributed by atoms with Gasteiger partial charge in [-0.2, -0.15) is 13.2 Å². The lowest BCUT2D eigenvalue weighted by Gasteiger charge is -2.41. The highest BCUT2D eigenvalue weighted by Gasteiger charge is 2.34. The van der Waals surface area contributed by atoms with Gasteiger partial charge in [0.25, 0.3) is 0 Å². The molecule has 2 aliphatic rings. The molecule has 1 N–H and O–H groups in total. The Hall–Kier alpha value is -3.72. The maximum absolute atomic E-state index is 13.3. The molecule has 3 aromatic carbocycles. The molecule has 1 fully saturated rings. The molecular formula is C26H22ClF3N4O2. The van der Waals surface area contributed by atoms with Gasteiger partial charge in [-0.3, -0.25) is 0 Å². The molecule has 2 heterocycles. The van der Waals surface area contributed by atoms with Crippen molar-refractivity contribution in [1.29, 1.82) is 0 Å². The minimum atomic E-state index is -4.49. The van der Waals surface area contributed by atoms with E-state index in [0.29, 0.717) is 53.2 Å². The number of aliphatic imine (C=N–C) groups is 1. The number of alkyl halides is 3. The van der Waals surface area contributed by atoms with Crippen LogP contribution in [0.15, 0.2) is 71.7 Å². The fraction of sp³-hybridized carbons (Fsp3) is 0.231. The third kappa shape index (κ3) is 4.83. The lowest BCUT2D eigenvalue weighted by molar-refractivity contribution is -0.137. The van der Waals surface area contributed by atoms with Gasteiger partial charge in [0, 0.05) is 36.4 Å². The van der Waals surface area contributed by atoms with Crippen LogP contribution in [0.1, 0.15) is 18.1 Å². The van der Waals surface area contributed by atoms with Crippen molar-refractivity contribution in [1.82, 2.24) is 9.80 Å². The highest BCUT2D eigenvalue weighted by atomic mass is 35.5. The monoisotopic (exact) mass is 514 g/mol. The molecule has 0 bridgehead atoms. The van der Waals surface area contributed by atoms with Crippen LogP contribution in [0.5, 0.6) is 11.5 Å². The molecule has 1 saturated heterocycles. The number of amides is 2. The number of rotatable bonds is 1. The molecular weight excluding hydrogens is 493 g/mol. The van der Waals surface area contributed by atoms with E-state index in [2.05, 4.69) is 5.32 Å². The maximum atomic E-state index is 13.3. The summed E-state index contributed by atoms with van der Waals surface area (Å²) in [6, 6.07) is 16.9. The molecule has 0 radical (unpaired) electrons. The number of halogens is 4. The molecule has 5 rings (SSSR count). The van der Waals surface area contributed by atoms with Gasteiger partial charge in [0.2, 0.25) is 0 Å². The van der Waals surface area contributed by atoms with E-state index in [0.717, 1.165) is 12.1 Å². The van der Waals surface area contributed by atoms with Crippen molar-refractivity contribution in [3.8, 4) is 11.5 Å². The number of hydrogen-bond acceptors (Lipinski definition) is 4. The highest BCUT2D eigenvalue weighted by molar-refractivity contribution is 6.30. The molecule has 2 amide bonds. The average molecular weight is 515 g/mol. The van der Waals surface area contributed by atoms with Crippen LogP contribution in [-0.2, 0) is 6.18 Å². The fourth-order valence-corrected chi connectivity index (χ4v) is 4.44. The van der Waals surface area contributed by atoms with Crippen LogP contribution < -0.4 is 10.1 Å². The van der Waals surface area contributed by atoms with Gasteiger partial charge in [0.05, 0.1) is 11.1 Å². The van der Waals surface area contributed by atoms with Crippen molar-refractivity contribution in [3.05, 3.63) is 82.9 Å². The third-order valence-electron chi connectivity index (χ3n) is 6.14. The molecule has 1 unspecified atom stereocenters. The Morgan fingerprint density at radius 1 is 1.06 bits per heavy atom. The zero-order chi connectivity index (χ0) is 25.4. The van der Waals surface area contributed by atoms with Crippen molar-refractivity contribution >= 4 is 34.8 Å². The Labute approximate surface area is 210 Å². The number of para-hydroxylation sites is 1. The van der Waals surface area contributed by atoms with Crippen LogP contribution in [0.4, 0.5) is 29.3 Å². The minimum Gasteiger partial charge on any atom is -0.454 e. The number of benzene rings is 3. The zero-order valence-corrected chi connectivity index (χ0v) is 20.0. The average Bonchev–Trinajstić information content (AvgIpc) is 3.01. The van der Waals surface area contributed by atoms with Crippen LogP contribution in [0.3, 0.4) is 0 Å². The minimum absolute atomic E-state index is 0.0429. The second-order valence-electron chi connectivity index (χ2n) is 8.64. The quantitative estimate of drug-likeness (QED) is 0.389. The first-order valence-corrected chi connectivity index (χ1v) is 11.7. The van der Waals surface area contributed by atoms with E-state index in [1.54, 1.807) is 41.3 Å². The molecule has 10 heteroatoms. The normalized spacial score (nSPS) is 17.4. The number of piperazine rings is 1. The van der Waals surface area contributed by atoms with Gasteiger partial charge < -0.3 is 19.9 Å². The Morgan fingerprint density at radius 2 is 1.81 bits per heavy atom. The smallest absolute Gasteiger partial charge is 0.416 e. The van der Waals surface area contributed by atoms with Gasteiger partial charge in [-0.1, -0.05) is 23.7 Å². The van der Waals surface area contributed by atoms with E-state index < -0.39 is 11.7 Å². The van der Waals surface area contributed by atoms with E-state index in [4.69, 9.17) is 21.3 Å². The van der Waals surface area contributed by atoms with E-state index >= 15 is 0 Å². The Bertz CT molecular complexity index is 1330. The molecule has 6 nitrogen and oxygen atoms in total. The van der Waals surface area contributed by atoms with Crippen LogP contribution in [-0.4, -0.2) is 47.3 Å². The first kappa shape index (κ1) is 24.0. The summed E-state index contributed by atoms with van der Waals surface area (Å²) in [7, 11) is 0. The van der Waals surface area contributed by atoms with Crippen LogP contribution >= 0.6 is 11.6 Å². The Balaban J connectivity index is 1.40. The van der Waals surface area contributed by atoms with Crippen molar-refractivity contribution in [2.75, 3.05) is 25.0 Å². The summed E-state index contributed by atoms with van der Waals surface area (Å²) >= 11 is 5.92. The van der Waals surface area contributed by atoms with Crippen LogP contribution in [0.2, 0.25) is 5.02 Å². The number of hydrogen-bond donors (Lipinski definition) is 1. The first-order chi connectivity index (χ1) is 17.2. The number of carbonyl (C=O) groups excluding carboxylic acids is 1. The summed E-state index contributed by atoms with van der Waals surface area (Å²) < 4.78 is 45.7. The number of fused-ring (bicyclic) bond motifs is 2. The van der Waals surface area contributed by atoms with Gasteiger partial charge >= 0.3 is 12.2 Å². The van der Waals surface area contributed by atoms with Gasteiger partial charge in [-0.05, 0) is 61.5 Å². The van der Waals surface area contributed by atoms with Gasteiger partial charge in [0.1, 0.15) is 17.3 Å².